The molecule has 1 atom stereocenters. The maximum atomic E-state index is 12.8. The third-order valence-electron chi connectivity index (χ3n) is 4.83. The van der Waals surface area contributed by atoms with Gasteiger partial charge in [0.05, 0.1) is 5.60 Å². The third-order valence-corrected chi connectivity index (χ3v) is 5.82. The van der Waals surface area contributed by atoms with Crippen molar-refractivity contribution in [1.29, 1.82) is 0 Å². The molecule has 2 fully saturated rings. The SMILES string of the molecule is Cc1ccc(C(=O)C2CCOC3(CCSCC3)C2)cc1N. The Morgan fingerprint density at radius 1 is 1.38 bits per heavy atom. The first kappa shape index (κ1) is 14.9. The molecule has 1 aromatic rings. The zero-order chi connectivity index (χ0) is 14.9. The molecule has 1 spiro atoms. The van der Waals surface area contributed by atoms with Gasteiger partial charge < -0.3 is 10.5 Å². The van der Waals surface area contributed by atoms with Crippen molar-refractivity contribution in [2.75, 3.05) is 23.8 Å². The van der Waals surface area contributed by atoms with Crippen LogP contribution < -0.4 is 5.73 Å². The predicted octanol–water partition coefficient (Wildman–Crippen LogP) is 3.45. The van der Waals surface area contributed by atoms with Gasteiger partial charge in [-0.25, -0.2) is 0 Å². The highest BCUT2D eigenvalue weighted by atomic mass is 32.2. The number of anilines is 1. The monoisotopic (exact) mass is 305 g/mol. The highest BCUT2D eigenvalue weighted by Crippen LogP contribution is 2.40. The van der Waals surface area contributed by atoms with E-state index in [0.717, 1.165) is 48.3 Å². The number of benzene rings is 1. The smallest absolute Gasteiger partial charge is 0.166 e. The van der Waals surface area contributed by atoms with Crippen LogP contribution in [0.4, 0.5) is 5.69 Å². The molecule has 2 heterocycles. The van der Waals surface area contributed by atoms with E-state index in [9.17, 15) is 4.79 Å². The lowest BCUT2D eigenvalue weighted by atomic mass is 9.78. The molecule has 0 aliphatic carbocycles. The van der Waals surface area contributed by atoms with Crippen molar-refractivity contribution < 1.29 is 9.53 Å². The van der Waals surface area contributed by atoms with Crippen LogP contribution in [0.3, 0.4) is 0 Å². The summed E-state index contributed by atoms with van der Waals surface area (Å²) in [5, 5.41) is 0. The minimum Gasteiger partial charge on any atom is -0.398 e. The van der Waals surface area contributed by atoms with Crippen LogP contribution in [0.2, 0.25) is 0 Å². The van der Waals surface area contributed by atoms with Gasteiger partial charge in [0.25, 0.3) is 0 Å². The molecule has 1 unspecified atom stereocenters. The third kappa shape index (κ3) is 3.11. The van der Waals surface area contributed by atoms with E-state index in [1.807, 2.05) is 36.9 Å². The van der Waals surface area contributed by atoms with Crippen molar-refractivity contribution in [3.8, 4) is 0 Å². The Hall–Kier alpha value is -1.00. The number of rotatable bonds is 2. The van der Waals surface area contributed by atoms with Crippen molar-refractivity contribution in [2.45, 2.75) is 38.2 Å². The molecule has 114 valence electrons. The van der Waals surface area contributed by atoms with E-state index in [2.05, 4.69) is 0 Å². The maximum Gasteiger partial charge on any atom is 0.166 e. The van der Waals surface area contributed by atoms with Gasteiger partial charge in [0.15, 0.2) is 5.78 Å². The molecule has 2 saturated heterocycles. The fourth-order valence-electron chi connectivity index (χ4n) is 3.37. The number of aryl methyl sites for hydroxylation is 1. The summed E-state index contributed by atoms with van der Waals surface area (Å²) in [6.07, 6.45) is 3.87. The molecule has 4 heteroatoms. The van der Waals surface area contributed by atoms with Gasteiger partial charge in [0, 0.05) is 23.8 Å². The van der Waals surface area contributed by atoms with Gasteiger partial charge in [-0.05, 0) is 55.7 Å². The maximum absolute atomic E-state index is 12.8. The lowest BCUT2D eigenvalue weighted by Gasteiger charge is -2.43. The van der Waals surface area contributed by atoms with E-state index in [-0.39, 0.29) is 17.3 Å². The molecule has 2 N–H and O–H groups in total. The lowest BCUT2D eigenvalue weighted by molar-refractivity contribution is -0.0959. The second kappa shape index (κ2) is 6.01. The zero-order valence-electron chi connectivity index (χ0n) is 12.6. The van der Waals surface area contributed by atoms with Crippen LogP contribution in [0, 0.1) is 12.8 Å². The van der Waals surface area contributed by atoms with Crippen LogP contribution >= 0.6 is 11.8 Å². The summed E-state index contributed by atoms with van der Waals surface area (Å²) >= 11 is 1.99. The van der Waals surface area contributed by atoms with Crippen LogP contribution in [0.5, 0.6) is 0 Å². The zero-order valence-corrected chi connectivity index (χ0v) is 13.4. The van der Waals surface area contributed by atoms with Crippen LogP contribution in [-0.2, 0) is 4.74 Å². The Balaban J connectivity index is 1.76. The van der Waals surface area contributed by atoms with Gasteiger partial charge in [0.1, 0.15) is 0 Å². The molecule has 0 radical (unpaired) electrons. The molecule has 3 nitrogen and oxygen atoms in total. The number of nitrogen functional groups attached to an aromatic ring is 1. The van der Waals surface area contributed by atoms with E-state index in [4.69, 9.17) is 10.5 Å². The molecular formula is C17H23NO2S. The number of thioether (sulfide) groups is 1. The first-order chi connectivity index (χ1) is 10.1. The van der Waals surface area contributed by atoms with Gasteiger partial charge in [-0.3, -0.25) is 4.79 Å². The van der Waals surface area contributed by atoms with Crippen LogP contribution in [0.15, 0.2) is 18.2 Å². The van der Waals surface area contributed by atoms with Crippen molar-refractivity contribution in [3.05, 3.63) is 29.3 Å². The summed E-state index contributed by atoms with van der Waals surface area (Å²) in [7, 11) is 0. The number of ether oxygens (including phenoxy) is 1. The predicted molar refractivity (Wildman–Crippen MR) is 87.9 cm³/mol. The summed E-state index contributed by atoms with van der Waals surface area (Å²) < 4.78 is 6.08. The Morgan fingerprint density at radius 2 is 2.14 bits per heavy atom. The average Bonchev–Trinajstić information content (AvgIpc) is 2.50. The summed E-state index contributed by atoms with van der Waals surface area (Å²) in [4.78, 5) is 12.8. The summed E-state index contributed by atoms with van der Waals surface area (Å²) in [5.74, 6) is 2.63. The Kier molecular flexibility index (Phi) is 4.27. The fraction of sp³-hybridized carbons (Fsp3) is 0.588. The van der Waals surface area contributed by atoms with E-state index in [0.29, 0.717) is 12.3 Å². The number of carbonyl (C=O) groups is 1. The van der Waals surface area contributed by atoms with Gasteiger partial charge in [-0.2, -0.15) is 11.8 Å². The van der Waals surface area contributed by atoms with Crippen molar-refractivity contribution in [3.63, 3.8) is 0 Å². The molecule has 2 aliphatic heterocycles. The largest absolute Gasteiger partial charge is 0.398 e. The molecule has 1 aromatic carbocycles. The number of hydrogen-bond acceptors (Lipinski definition) is 4. The lowest BCUT2D eigenvalue weighted by Crippen LogP contribution is -2.44. The Morgan fingerprint density at radius 3 is 2.86 bits per heavy atom. The van der Waals surface area contributed by atoms with Crippen LogP contribution in [0.25, 0.3) is 0 Å². The molecule has 3 rings (SSSR count). The molecule has 0 amide bonds. The summed E-state index contributed by atoms with van der Waals surface area (Å²) in [6, 6.07) is 5.68. The van der Waals surface area contributed by atoms with Crippen molar-refractivity contribution >= 4 is 23.2 Å². The van der Waals surface area contributed by atoms with Crippen LogP contribution in [0.1, 0.15) is 41.6 Å². The number of carbonyl (C=O) groups excluding carboxylic acids is 1. The second-order valence-corrected chi connectivity index (χ2v) is 7.49. The molecular weight excluding hydrogens is 282 g/mol. The summed E-state index contributed by atoms with van der Waals surface area (Å²) in [6.45, 7) is 2.68. The van der Waals surface area contributed by atoms with Gasteiger partial charge in [-0.15, -0.1) is 0 Å². The topological polar surface area (TPSA) is 52.3 Å². The standard InChI is InChI=1S/C17H23NO2S/c1-12-2-3-13(10-15(12)18)16(19)14-4-7-20-17(11-14)5-8-21-9-6-17/h2-3,10,14H,4-9,11,18H2,1H3. The highest BCUT2D eigenvalue weighted by Gasteiger charge is 2.41. The first-order valence-electron chi connectivity index (χ1n) is 7.72. The molecule has 21 heavy (non-hydrogen) atoms. The van der Waals surface area contributed by atoms with Crippen molar-refractivity contribution in [2.24, 2.45) is 5.92 Å². The number of nitrogens with two attached hydrogens (primary N) is 1. The molecule has 0 aromatic heterocycles. The minimum absolute atomic E-state index is 0.0416. The number of hydrogen-bond donors (Lipinski definition) is 1. The van der Waals surface area contributed by atoms with E-state index in [1.54, 1.807) is 0 Å². The highest BCUT2D eigenvalue weighted by molar-refractivity contribution is 7.99. The average molecular weight is 305 g/mol. The number of Topliss-reactive ketones (excluding diaryl/α,β-unsaturated/α-hetero) is 1. The Labute approximate surface area is 130 Å². The van der Waals surface area contributed by atoms with E-state index < -0.39 is 0 Å². The van der Waals surface area contributed by atoms with Crippen LogP contribution in [-0.4, -0.2) is 29.5 Å². The first-order valence-corrected chi connectivity index (χ1v) is 8.87. The van der Waals surface area contributed by atoms with E-state index in [1.165, 1.54) is 0 Å². The molecule has 0 saturated carbocycles. The quantitative estimate of drug-likeness (QED) is 0.671. The van der Waals surface area contributed by atoms with Gasteiger partial charge >= 0.3 is 0 Å². The fourth-order valence-corrected chi connectivity index (χ4v) is 4.61. The normalized spacial score (nSPS) is 24.9. The minimum atomic E-state index is -0.0416. The van der Waals surface area contributed by atoms with Gasteiger partial charge in [0.2, 0.25) is 0 Å². The van der Waals surface area contributed by atoms with Gasteiger partial charge in [-0.1, -0.05) is 12.1 Å². The Bertz CT molecular complexity index is 532. The number of ketones is 1. The molecule has 0 bridgehead atoms. The van der Waals surface area contributed by atoms with E-state index >= 15 is 0 Å². The van der Waals surface area contributed by atoms with Crippen molar-refractivity contribution in [1.82, 2.24) is 0 Å². The second-order valence-electron chi connectivity index (χ2n) is 6.27. The summed E-state index contributed by atoms with van der Waals surface area (Å²) in [5.41, 5.74) is 8.39. The molecule has 2 aliphatic rings.